The monoisotopic (exact) mass is 431 g/mol. The highest BCUT2D eigenvalue weighted by Crippen LogP contribution is 2.25. The Labute approximate surface area is 149 Å². The Morgan fingerprint density at radius 1 is 1.45 bits per heavy atom. The number of piperidine rings is 1. The van der Waals surface area contributed by atoms with Gasteiger partial charge in [0.2, 0.25) is 5.91 Å². The number of halogens is 2. The third-order valence-electron chi connectivity index (χ3n) is 3.22. The number of carbonyl (C=O) groups is 1. The Kier molecular flexibility index (Phi) is 8.29. The molecule has 3 N–H and O–H groups in total. The predicted molar refractivity (Wildman–Crippen MR) is 93.1 cm³/mol. The molecule has 1 atom stereocenters. The quantitative estimate of drug-likeness (QED) is 0.633. The molecule has 0 spiro atoms. The van der Waals surface area contributed by atoms with Crippen LogP contribution in [0.25, 0.3) is 0 Å². The van der Waals surface area contributed by atoms with Gasteiger partial charge in [-0.25, -0.2) is 13.1 Å². The summed E-state index contributed by atoms with van der Waals surface area (Å²) in [6.07, 6.45) is 2.20. The molecule has 10 heteroatoms. The van der Waals surface area contributed by atoms with Gasteiger partial charge in [-0.2, -0.15) is 0 Å². The van der Waals surface area contributed by atoms with Crippen LogP contribution in [0, 0.1) is 5.92 Å². The molecule has 22 heavy (non-hydrogen) atoms. The average Bonchev–Trinajstić information content (AvgIpc) is 2.92. The highest BCUT2D eigenvalue weighted by molar-refractivity contribution is 9.11. The fourth-order valence-corrected chi connectivity index (χ4v) is 5.13. The molecular formula is C12H19BrClN3O3S2. The lowest BCUT2D eigenvalue weighted by atomic mass is 10.00. The molecule has 0 aliphatic carbocycles. The molecule has 1 amide bonds. The van der Waals surface area contributed by atoms with Gasteiger partial charge >= 0.3 is 0 Å². The molecule has 1 fully saturated rings. The van der Waals surface area contributed by atoms with Crippen LogP contribution in [0.1, 0.15) is 12.8 Å². The van der Waals surface area contributed by atoms with E-state index < -0.39 is 10.0 Å². The van der Waals surface area contributed by atoms with Crippen LogP contribution in [0.3, 0.4) is 0 Å². The fourth-order valence-electron chi connectivity index (χ4n) is 2.09. The summed E-state index contributed by atoms with van der Waals surface area (Å²) >= 11 is 4.32. The van der Waals surface area contributed by atoms with Gasteiger partial charge in [0.15, 0.2) is 0 Å². The van der Waals surface area contributed by atoms with E-state index in [-0.39, 0.29) is 29.1 Å². The lowest BCUT2D eigenvalue weighted by Crippen LogP contribution is -2.42. The van der Waals surface area contributed by atoms with Crippen LogP contribution in [-0.4, -0.2) is 40.5 Å². The highest BCUT2D eigenvalue weighted by Gasteiger charge is 2.18. The number of nitrogens with one attached hydrogen (secondary N) is 3. The van der Waals surface area contributed by atoms with Gasteiger partial charge in [-0.15, -0.1) is 23.7 Å². The minimum atomic E-state index is -3.61. The van der Waals surface area contributed by atoms with Crippen LogP contribution in [0.4, 0.5) is 0 Å². The Morgan fingerprint density at radius 3 is 2.82 bits per heavy atom. The van der Waals surface area contributed by atoms with E-state index in [1.807, 2.05) is 0 Å². The van der Waals surface area contributed by atoms with Gasteiger partial charge < -0.3 is 10.6 Å². The summed E-state index contributed by atoms with van der Waals surface area (Å²) in [5.41, 5.74) is 0. The SMILES string of the molecule is Cl.O=C(CNS(=O)(=O)c1ccc(Br)s1)NCC1CCCNC1. The van der Waals surface area contributed by atoms with E-state index in [1.54, 1.807) is 6.07 Å². The average molecular weight is 433 g/mol. The molecule has 2 rings (SSSR count). The van der Waals surface area contributed by atoms with Crippen molar-refractivity contribution in [1.82, 2.24) is 15.4 Å². The second-order valence-electron chi connectivity index (χ2n) is 4.90. The molecule has 1 unspecified atom stereocenters. The maximum Gasteiger partial charge on any atom is 0.250 e. The highest BCUT2D eigenvalue weighted by atomic mass is 79.9. The minimum absolute atomic E-state index is 0. The molecule has 1 aliphatic rings. The minimum Gasteiger partial charge on any atom is -0.355 e. The van der Waals surface area contributed by atoms with Crippen molar-refractivity contribution in [2.45, 2.75) is 17.1 Å². The van der Waals surface area contributed by atoms with Crippen molar-refractivity contribution in [3.05, 3.63) is 15.9 Å². The zero-order valence-corrected chi connectivity index (χ0v) is 15.8. The Balaban J connectivity index is 0.00000242. The van der Waals surface area contributed by atoms with Gasteiger partial charge in [0.25, 0.3) is 10.0 Å². The number of thiophene rings is 1. The van der Waals surface area contributed by atoms with E-state index in [1.165, 1.54) is 6.07 Å². The predicted octanol–water partition coefficient (Wildman–Crippen LogP) is 1.33. The van der Waals surface area contributed by atoms with Crippen LogP contribution in [0.15, 0.2) is 20.1 Å². The van der Waals surface area contributed by atoms with Gasteiger partial charge in [-0.1, -0.05) is 0 Å². The van der Waals surface area contributed by atoms with E-state index in [2.05, 4.69) is 31.3 Å². The number of sulfonamides is 1. The Bertz CT molecular complexity index is 588. The third kappa shape index (κ3) is 6.13. The summed E-state index contributed by atoms with van der Waals surface area (Å²) in [6.45, 7) is 2.27. The number of carbonyl (C=O) groups excluding carboxylic acids is 1. The maximum atomic E-state index is 11.9. The first-order valence-corrected chi connectivity index (χ1v) is 9.79. The van der Waals surface area contributed by atoms with Gasteiger partial charge in [-0.3, -0.25) is 4.79 Å². The van der Waals surface area contributed by atoms with Crippen LogP contribution in [-0.2, 0) is 14.8 Å². The maximum absolute atomic E-state index is 11.9. The summed E-state index contributed by atoms with van der Waals surface area (Å²) < 4.78 is 27.1. The molecule has 1 aromatic rings. The van der Waals surface area contributed by atoms with Gasteiger partial charge in [-0.05, 0) is 59.9 Å². The summed E-state index contributed by atoms with van der Waals surface area (Å²) in [6, 6.07) is 3.16. The fraction of sp³-hybridized carbons (Fsp3) is 0.583. The number of amides is 1. The molecule has 6 nitrogen and oxygen atoms in total. The van der Waals surface area contributed by atoms with Crippen LogP contribution < -0.4 is 15.4 Å². The van der Waals surface area contributed by atoms with Crippen molar-refractivity contribution in [2.75, 3.05) is 26.2 Å². The molecule has 0 saturated carbocycles. The first-order valence-electron chi connectivity index (χ1n) is 6.70. The van der Waals surface area contributed by atoms with E-state index >= 15 is 0 Å². The summed E-state index contributed by atoms with van der Waals surface area (Å²) in [5, 5.41) is 6.04. The first kappa shape index (κ1) is 19.9. The molecule has 1 aromatic heterocycles. The lowest BCUT2D eigenvalue weighted by Gasteiger charge is -2.22. The van der Waals surface area contributed by atoms with Crippen molar-refractivity contribution < 1.29 is 13.2 Å². The van der Waals surface area contributed by atoms with Gasteiger partial charge in [0.1, 0.15) is 4.21 Å². The smallest absolute Gasteiger partial charge is 0.250 e. The molecule has 1 saturated heterocycles. The summed E-state index contributed by atoms with van der Waals surface area (Å²) in [7, 11) is -3.61. The topological polar surface area (TPSA) is 87.3 Å². The number of hydrogen-bond donors (Lipinski definition) is 3. The van der Waals surface area contributed by atoms with Crippen LogP contribution in [0.5, 0.6) is 0 Å². The normalized spacial score (nSPS) is 18.5. The first-order chi connectivity index (χ1) is 9.97. The molecular weight excluding hydrogens is 414 g/mol. The number of rotatable bonds is 6. The van der Waals surface area contributed by atoms with Crippen LogP contribution in [0.2, 0.25) is 0 Å². The van der Waals surface area contributed by atoms with Crippen molar-refractivity contribution in [3.63, 3.8) is 0 Å². The van der Waals surface area contributed by atoms with Gasteiger partial charge in [0, 0.05) is 6.54 Å². The lowest BCUT2D eigenvalue weighted by molar-refractivity contribution is -0.120. The largest absolute Gasteiger partial charge is 0.355 e. The molecule has 126 valence electrons. The Hall–Kier alpha value is -0.190. The van der Waals surface area contributed by atoms with E-state index in [0.29, 0.717) is 12.5 Å². The third-order valence-corrected chi connectivity index (χ3v) is 6.74. The van der Waals surface area contributed by atoms with E-state index in [0.717, 1.165) is 41.1 Å². The molecule has 0 bridgehead atoms. The van der Waals surface area contributed by atoms with Crippen LogP contribution >= 0.6 is 39.7 Å². The van der Waals surface area contributed by atoms with Crippen molar-refractivity contribution in [2.24, 2.45) is 5.92 Å². The number of hydrogen-bond acceptors (Lipinski definition) is 5. The van der Waals surface area contributed by atoms with Crippen molar-refractivity contribution >= 4 is 55.6 Å². The van der Waals surface area contributed by atoms with Crippen molar-refractivity contribution in [3.8, 4) is 0 Å². The summed E-state index contributed by atoms with van der Waals surface area (Å²) in [4.78, 5) is 11.7. The standard InChI is InChI=1S/C12H18BrN3O3S2.ClH/c13-10-3-4-12(20-10)21(18,19)16-8-11(17)15-7-9-2-1-5-14-6-9;/h3-4,9,14,16H,1-2,5-8H2,(H,15,17);1H. The zero-order valence-electron chi connectivity index (χ0n) is 11.8. The molecule has 1 aliphatic heterocycles. The molecule has 2 heterocycles. The second-order valence-corrected chi connectivity index (χ2v) is 9.36. The van der Waals surface area contributed by atoms with E-state index in [4.69, 9.17) is 0 Å². The van der Waals surface area contributed by atoms with E-state index in [9.17, 15) is 13.2 Å². The summed E-state index contributed by atoms with van der Waals surface area (Å²) in [5.74, 6) is 0.118. The molecule has 0 radical (unpaired) electrons. The Morgan fingerprint density at radius 2 is 2.23 bits per heavy atom. The van der Waals surface area contributed by atoms with Crippen molar-refractivity contribution in [1.29, 1.82) is 0 Å². The second kappa shape index (κ2) is 9.19. The zero-order chi connectivity index (χ0) is 15.3. The van der Waals surface area contributed by atoms with Gasteiger partial charge in [0.05, 0.1) is 10.3 Å². The molecule has 0 aromatic carbocycles.